The minimum atomic E-state index is -1.04. The Morgan fingerprint density at radius 3 is 2.75 bits per heavy atom. The van der Waals surface area contributed by atoms with Gasteiger partial charge in [-0.15, -0.1) is 0 Å². The smallest absolute Gasteiger partial charge is 0.335 e. The molecule has 1 fully saturated rings. The highest BCUT2D eigenvalue weighted by molar-refractivity contribution is 5.95. The van der Waals surface area contributed by atoms with Crippen LogP contribution in [-0.2, 0) is 0 Å². The van der Waals surface area contributed by atoms with E-state index in [1.807, 2.05) is 0 Å². The van der Waals surface area contributed by atoms with Crippen LogP contribution in [0.15, 0.2) is 18.3 Å². The van der Waals surface area contributed by atoms with Crippen LogP contribution in [0.1, 0.15) is 54.0 Å². The van der Waals surface area contributed by atoms with E-state index in [1.54, 1.807) is 4.90 Å². The minimum absolute atomic E-state index is 0.0958. The second kappa shape index (κ2) is 5.61. The number of carbonyl (C=O) groups is 2. The topological polar surface area (TPSA) is 70.5 Å². The number of carboxylic acid groups (broad SMARTS) is 1. The number of likely N-dealkylation sites (tertiary alicyclic amines) is 1. The summed E-state index contributed by atoms with van der Waals surface area (Å²) < 4.78 is 0. The van der Waals surface area contributed by atoms with Gasteiger partial charge in [-0.2, -0.15) is 0 Å². The zero-order valence-corrected chi connectivity index (χ0v) is 11.9. The molecule has 5 heteroatoms. The van der Waals surface area contributed by atoms with Crippen molar-refractivity contribution in [1.29, 1.82) is 0 Å². The van der Waals surface area contributed by atoms with Crippen molar-refractivity contribution in [2.24, 2.45) is 5.41 Å². The highest BCUT2D eigenvalue weighted by atomic mass is 16.4. The van der Waals surface area contributed by atoms with E-state index >= 15 is 0 Å². The average molecular weight is 276 g/mol. The van der Waals surface area contributed by atoms with Crippen LogP contribution in [-0.4, -0.2) is 40.0 Å². The third-order valence-electron chi connectivity index (χ3n) is 3.85. The summed E-state index contributed by atoms with van der Waals surface area (Å²) in [6.07, 6.45) is 4.40. The van der Waals surface area contributed by atoms with Gasteiger partial charge in [-0.1, -0.05) is 13.8 Å². The van der Waals surface area contributed by atoms with Crippen molar-refractivity contribution in [3.05, 3.63) is 29.6 Å². The molecule has 1 N–H and O–H groups in total. The summed E-state index contributed by atoms with van der Waals surface area (Å²) in [5.74, 6) is -1.22. The lowest BCUT2D eigenvalue weighted by molar-refractivity contribution is 0.0696. The first kappa shape index (κ1) is 14.5. The second-order valence-corrected chi connectivity index (χ2v) is 6.04. The van der Waals surface area contributed by atoms with E-state index in [2.05, 4.69) is 18.8 Å². The van der Waals surface area contributed by atoms with E-state index in [0.717, 1.165) is 19.3 Å². The van der Waals surface area contributed by atoms with Crippen molar-refractivity contribution < 1.29 is 14.7 Å². The molecule has 1 aliphatic heterocycles. The molecule has 2 heterocycles. The number of aromatic nitrogens is 1. The summed E-state index contributed by atoms with van der Waals surface area (Å²) in [4.78, 5) is 29.1. The van der Waals surface area contributed by atoms with Gasteiger partial charge < -0.3 is 10.0 Å². The number of pyridine rings is 1. The maximum Gasteiger partial charge on any atom is 0.335 e. The van der Waals surface area contributed by atoms with Gasteiger partial charge in [-0.3, -0.25) is 9.78 Å². The first-order valence-electron chi connectivity index (χ1n) is 6.88. The minimum Gasteiger partial charge on any atom is -0.478 e. The predicted octanol–water partition coefficient (Wildman–Crippen LogP) is 2.43. The normalized spacial score (nSPS) is 18.4. The van der Waals surface area contributed by atoms with Gasteiger partial charge in [0.2, 0.25) is 0 Å². The zero-order chi connectivity index (χ0) is 14.8. The van der Waals surface area contributed by atoms with Crippen molar-refractivity contribution in [3.63, 3.8) is 0 Å². The zero-order valence-electron chi connectivity index (χ0n) is 11.9. The van der Waals surface area contributed by atoms with Gasteiger partial charge in [0.1, 0.15) is 5.69 Å². The molecule has 108 valence electrons. The van der Waals surface area contributed by atoms with Gasteiger partial charge in [0.25, 0.3) is 5.91 Å². The average Bonchev–Trinajstić information content (AvgIpc) is 2.59. The molecular formula is C15H20N2O3. The van der Waals surface area contributed by atoms with Gasteiger partial charge in [-0.25, -0.2) is 4.79 Å². The van der Waals surface area contributed by atoms with E-state index in [-0.39, 0.29) is 22.6 Å². The quantitative estimate of drug-likeness (QED) is 0.900. The highest BCUT2D eigenvalue weighted by Crippen LogP contribution is 2.30. The molecular weight excluding hydrogens is 256 g/mol. The van der Waals surface area contributed by atoms with Crippen molar-refractivity contribution in [3.8, 4) is 0 Å². The maximum atomic E-state index is 12.4. The third kappa shape index (κ3) is 3.35. The molecule has 0 unspecified atom stereocenters. The molecule has 1 aromatic rings. The fraction of sp³-hybridized carbons (Fsp3) is 0.533. The van der Waals surface area contributed by atoms with Crippen LogP contribution in [0.5, 0.6) is 0 Å². The summed E-state index contributed by atoms with van der Waals surface area (Å²) in [5.41, 5.74) is 0.564. The Labute approximate surface area is 118 Å². The molecule has 0 aromatic carbocycles. The fourth-order valence-corrected chi connectivity index (χ4v) is 2.47. The molecule has 1 amide bonds. The van der Waals surface area contributed by atoms with Crippen molar-refractivity contribution >= 4 is 11.9 Å². The summed E-state index contributed by atoms with van der Waals surface area (Å²) in [7, 11) is 0. The molecule has 0 bridgehead atoms. The van der Waals surface area contributed by atoms with Crippen LogP contribution < -0.4 is 0 Å². The van der Waals surface area contributed by atoms with Crippen LogP contribution in [0.2, 0.25) is 0 Å². The number of carbonyl (C=O) groups excluding carboxylic acids is 1. The molecule has 0 saturated carbocycles. The van der Waals surface area contributed by atoms with E-state index in [4.69, 9.17) is 5.11 Å². The maximum absolute atomic E-state index is 12.4. The largest absolute Gasteiger partial charge is 0.478 e. The molecule has 1 aliphatic rings. The van der Waals surface area contributed by atoms with E-state index < -0.39 is 5.97 Å². The molecule has 0 radical (unpaired) electrons. The monoisotopic (exact) mass is 276 g/mol. The molecule has 0 aliphatic carbocycles. The number of carboxylic acids is 1. The summed E-state index contributed by atoms with van der Waals surface area (Å²) in [6, 6.07) is 2.74. The Balaban J connectivity index is 2.15. The van der Waals surface area contributed by atoms with Crippen LogP contribution in [0, 0.1) is 5.41 Å². The second-order valence-electron chi connectivity index (χ2n) is 6.04. The van der Waals surface area contributed by atoms with Gasteiger partial charge >= 0.3 is 5.97 Å². The lowest BCUT2D eigenvalue weighted by atomic mass is 9.85. The van der Waals surface area contributed by atoms with Crippen molar-refractivity contribution in [2.45, 2.75) is 33.1 Å². The van der Waals surface area contributed by atoms with Crippen molar-refractivity contribution in [1.82, 2.24) is 9.88 Å². The van der Waals surface area contributed by atoms with Gasteiger partial charge in [0, 0.05) is 19.3 Å². The number of hydrogen-bond acceptors (Lipinski definition) is 3. The lowest BCUT2D eigenvalue weighted by Crippen LogP contribution is -2.33. The predicted molar refractivity (Wildman–Crippen MR) is 74.7 cm³/mol. The molecule has 0 spiro atoms. The van der Waals surface area contributed by atoms with Gasteiger partial charge in [0.15, 0.2) is 0 Å². The van der Waals surface area contributed by atoms with E-state index in [9.17, 15) is 9.59 Å². The van der Waals surface area contributed by atoms with Crippen LogP contribution in [0.3, 0.4) is 0 Å². The lowest BCUT2D eigenvalue weighted by Gasteiger charge is -2.23. The van der Waals surface area contributed by atoms with Crippen molar-refractivity contribution in [2.75, 3.05) is 13.1 Å². The van der Waals surface area contributed by atoms with E-state index in [1.165, 1.54) is 18.3 Å². The number of aromatic carboxylic acids is 1. The molecule has 1 aromatic heterocycles. The van der Waals surface area contributed by atoms with Crippen LogP contribution in [0.25, 0.3) is 0 Å². The molecule has 2 rings (SSSR count). The standard InChI is InChI=1S/C15H20N2O3/c1-15(2)5-3-8-17(9-6-15)13(18)12-10-11(14(19)20)4-7-16-12/h4,7,10H,3,5-6,8-9H2,1-2H3,(H,19,20). The third-order valence-corrected chi connectivity index (χ3v) is 3.85. The first-order chi connectivity index (χ1) is 9.39. The number of nitrogens with zero attached hydrogens (tertiary/aromatic N) is 2. The molecule has 1 saturated heterocycles. The summed E-state index contributed by atoms with van der Waals surface area (Å²) >= 11 is 0. The fourth-order valence-electron chi connectivity index (χ4n) is 2.47. The molecule has 20 heavy (non-hydrogen) atoms. The van der Waals surface area contributed by atoms with Crippen LogP contribution in [0.4, 0.5) is 0 Å². The Hall–Kier alpha value is -1.91. The Kier molecular flexibility index (Phi) is 4.06. The first-order valence-corrected chi connectivity index (χ1v) is 6.88. The van der Waals surface area contributed by atoms with Gasteiger partial charge in [0.05, 0.1) is 5.56 Å². The number of rotatable bonds is 2. The number of amides is 1. The Morgan fingerprint density at radius 2 is 2.05 bits per heavy atom. The van der Waals surface area contributed by atoms with Crippen LogP contribution >= 0.6 is 0 Å². The molecule has 5 nitrogen and oxygen atoms in total. The van der Waals surface area contributed by atoms with Gasteiger partial charge in [-0.05, 0) is 36.8 Å². The highest BCUT2D eigenvalue weighted by Gasteiger charge is 2.26. The molecule has 0 atom stereocenters. The summed E-state index contributed by atoms with van der Waals surface area (Å²) in [6.45, 7) is 5.83. The summed E-state index contributed by atoms with van der Waals surface area (Å²) in [5, 5.41) is 8.96. The Bertz CT molecular complexity index is 526. The van der Waals surface area contributed by atoms with E-state index in [0.29, 0.717) is 13.1 Å². The SMILES string of the molecule is CC1(C)CCCN(C(=O)c2cc(C(=O)O)ccn2)CC1. The number of hydrogen-bond donors (Lipinski definition) is 1. The Morgan fingerprint density at radius 1 is 1.30 bits per heavy atom.